The van der Waals surface area contributed by atoms with Crippen molar-refractivity contribution in [2.24, 2.45) is 0 Å². The molecule has 0 saturated heterocycles. The van der Waals surface area contributed by atoms with Crippen LogP contribution in [0.25, 0.3) is 124 Å². The van der Waals surface area contributed by atoms with Crippen molar-refractivity contribution in [3.8, 4) is 50.2 Å². The third-order valence-electron chi connectivity index (χ3n) is 15.4. The van der Waals surface area contributed by atoms with Crippen molar-refractivity contribution in [3.63, 3.8) is 0 Å². The van der Waals surface area contributed by atoms with Crippen LogP contribution in [0.5, 0.6) is 0 Å². The van der Waals surface area contributed by atoms with Gasteiger partial charge < -0.3 is 9.47 Å². The first-order chi connectivity index (χ1) is 37.1. The van der Waals surface area contributed by atoms with Gasteiger partial charge in [-0.05, 0) is 156 Å². The van der Waals surface area contributed by atoms with Gasteiger partial charge in [0.2, 0.25) is 0 Å². The quantitative estimate of drug-likeness (QED) is 0.138. The van der Waals surface area contributed by atoms with Gasteiger partial charge in [0.15, 0.2) is 0 Å². The molecule has 0 saturated carbocycles. The summed E-state index contributed by atoms with van der Waals surface area (Å²) >= 11 is 1.89. The first-order valence-electron chi connectivity index (χ1n) is 25.7. The lowest BCUT2D eigenvalue weighted by atomic mass is 9.95. The fourth-order valence-corrected chi connectivity index (χ4v) is 12.9. The molecule has 0 amide bonds. The van der Waals surface area contributed by atoms with Crippen LogP contribution in [0.15, 0.2) is 279 Å². The number of thiophene rings is 1. The normalized spacial score (nSPS) is 11.7. The van der Waals surface area contributed by atoms with Gasteiger partial charge in [0.1, 0.15) is 0 Å². The lowest BCUT2D eigenvalue weighted by Crippen LogP contribution is -2.09. The Kier molecular flexibility index (Phi) is 10.1. The van der Waals surface area contributed by atoms with E-state index in [-0.39, 0.29) is 0 Å². The highest BCUT2D eigenvalue weighted by atomic mass is 32.1. The topological polar surface area (TPSA) is 8.17 Å². The van der Waals surface area contributed by atoms with E-state index in [9.17, 15) is 0 Å². The SMILES string of the molecule is c1cc(-c2ccc(N(c3ccc(-c4cccc(-n5c6ccccc6c6ccccc65)c4)cc3)c3ccc(-c4ccc5c(c4)sc4c6ccccc6ccc54)cc3)cc2)cc(-c2ccc3ccc4ccccc4c3c2)c1. The maximum atomic E-state index is 2.39. The predicted molar refractivity (Wildman–Crippen MR) is 323 cm³/mol. The molecule has 2 nitrogen and oxygen atoms in total. The summed E-state index contributed by atoms with van der Waals surface area (Å²) in [5, 5.41) is 12.8. The number of anilines is 3. The molecule has 0 radical (unpaired) electrons. The van der Waals surface area contributed by atoms with E-state index in [1.807, 2.05) is 11.3 Å². The largest absolute Gasteiger partial charge is 0.311 e. The summed E-state index contributed by atoms with van der Waals surface area (Å²) in [6.07, 6.45) is 0. The molecule has 0 N–H and O–H groups in total. The van der Waals surface area contributed by atoms with Crippen LogP contribution in [0, 0.1) is 0 Å². The zero-order valence-electron chi connectivity index (χ0n) is 40.9. The summed E-state index contributed by atoms with van der Waals surface area (Å²) in [5.41, 5.74) is 16.3. The van der Waals surface area contributed by atoms with Gasteiger partial charge in [-0.3, -0.25) is 0 Å². The van der Waals surface area contributed by atoms with Crippen molar-refractivity contribution in [2.45, 2.75) is 0 Å². The van der Waals surface area contributed by atoms with Crippen LogP contribution in [0.3, 0.4) is 0 Å². The highest BCUT2D eigenvalue weighted by Crippen LogP contribution is 2.43. The van der Waals surface area contributed by atoms with Crippen molar-refractivity contribution in [3.05, 3.63) is 279 Å². The third-order valence-corrected chi connectivity index (χ3v) is 16.6. The van der Waals surface area contributed by atoms with Crippen LogP contribution < -0.4 is 4.90 Å². The molecule has 13 aromatic carbocycles. The Balaban J connectivity index is 0.786. The second kappa shape index (κ2) is 17.6. The summed E-state index contributed by atoms with van der Waals surface area (Å²) < 4.78 is 5.05. The molecule has 0 aliphatic heterocycles. The molecular weight excluding hydrogens is 925 g/mol. The van der Waals surface area contributed by atoms with Crippen molar-refractivity contribution in [1.82, 2.24) is 4.57 Å². The van der Waals surface area contributed by atoms with Crippen molar-refractivity contribution in [2.75, 3.05) is 4.90 Å². The van der Waals surface area contributed by atoms with Gasteiger partial charge >= 0.3 is 0 Å². The molecule has 0 unspecified atom stereocenters. The van der Waals surface area contributed by atoms with Gasteiger partial charge in [-0.1, -0.05) is 200 Å². The molecule has 2 heterocycles. The molecule has 0 fully saturated rings. The number of benzene rings is 13. The van der Waals surface area contributed by atoms with Gasteiger partial charge in [0.05, 0.1) is 11.0 Å². The number of para-hydroxylation sites is 2. The number of rotatable bonds is 8. The molecule has 0 aliphatic carbocycles. The monoisotopic (exact) mass is 970 g/mol. The maximum Gasteiger partial charge on any atom is 0.0541 e. The zero-order chi connectivity index (χ0) is 49.4. The van der Waals surface area contributed by atoms with E-state index in [4.69, 9.17) is 0 Å². The van der Waals surface area contributed by atoms with Crippen molar-refractivity contribution >= 4 is 103 Å². The average molecular weight is 971 g/mol. The minimum Gasteiger partial charge on any atom is -0.311 e. The van der Waals surface area contributed by atoms with Crippen LogP contribution in [0.2, 0.25) is 0 Å². The molecule has 0 bridgehead atoms. The van der Waals surface area contributed by atoms with E-state index in [2.05, 4.69) is 289 Å². The molecule has 75 heavy (non-hydrogen) atoms. The summed E-state index contributed by atoms with van der Waals surface area (Å²) in [5.74, 6) is 0. The Morgan fingerprint density at radius 1 is 0.253 bits per heavy atom. The number of hydrogen-bond acceptors (Lipinski definition) is 2. The van der Waals surface area contributed by atoms with Crippen LogP contribution in [0.4, 0.5) is 17.1 Å². The number of nitrogens with zero attached hydrogens (tertiary/aromatic N) is 2. The highest BCUT2D eigenvalue weighted by Gasteiger charge is 2.17. The standard InChI is InChI=1S/C72H46N2S/c1-3-17-62-50(11-1)23-24-52-25-26-56(45-68(52)62)54-14-9-13-53(43-54)47-27-35-58(36-28-47)73(60-39-31-49(32-40-60)57-34-41-66-67-42-33-51-12-2-4-18-63(51)72(67)75-71(66)46-57)59-37-29-48(30-38-59)55-15-10-16-61(44-55)74-69-21-7-5-19-64(69)65-20-6-8-22-70(65)74/h1-46H. The van der Waals surface area contributed by atoms with E-state index >= 15 is 0 Å². The molecule has 0 spiro atoms. The molecule has 15 aromatic rings. The molecule has 0 aliphatic rings. The Bertz CT molecular complexity index is 4640. The van der Waals surface area contributed by atoms with Gasteiger partial charge in [-0.2, -0.15) is 0 Å². The van der Waals surface area contributed by atoms with Gasteiger partial charge in [-0.15, -0.1) is 11.3 Å². The van der Waals surface area contributed by atoms with Crippen molar-refractivity contribution in [1.29, 1.82) is 0 Å². The molecule has 2 aromatic heterocycles. The Hall–Kier alpha value is -9.54. The first kappa shape index (κ1) is 43.1. The van der Waals surface area contributed by atoms with Crippen LogP contribution >= 0.6 is 11.3 Å². The fraction of sp³-hybridized carbons (Fsp3) is 0. The number of aromatic nitrogens is 1. The van der Waals surface area contributed by atoms with E-state index in [0.717, 1.165) is 28.3 Å². The number of fused-ring (bicyclic) bond motifs is 11. The maximum absolute atomic E-state index is 2.39. The molecule has 15 rings (SSSR count). The van der Waals surface area contributed by atoms with Crippen LogP contribution in [-0.4, -0.2) is 4.57 Å². The van der Waals surface area contributed by atoms with Crippen LogP contribution in [0.1, 0.15) is 0 Å². The fourth-order valence-electron chi connectivity index (χ4n) is 11.6. The predicted octanol–water partition coefficient (Wildman–Crippen LogP) is 20.7. The summed E-state index contributed by atoms with van der Waals surface area (Å²) in [6.45, 7) is 0. The molecular formula is C72H46N2S. The lowest BCUT2D eigenvalue weighted by Gasteiger charge is -2.26. The smallest absolute Gasteiger partial charge is 0.0541 e. The number of hydrogen-bond donors (Lipinski definition) is 0. The summed E-state index contributed by atoms with van der Waals surface area (Å²) in [7, 11) is 0. The minimum atomic E-state index is 1.09. The Morgan fingerprint density at radius 2 is 0.680 bits per heavy atom. The van der Waals surface area contributed by atoms with Crippen LogP contribution in [-0.2, 0) is 0 Å². The Labute approximate surface area is 438 Å². The van der Waals surface area contributed by atoms with Crippen molar-refractivity contribution < 1.29 is 0 Å². The van der Waals surface area contributed by atoms with E-state index in [1.54, 1.807) is 0 Å². The highest BCUT2D eigenvalue weighted by molar-refractivity contribution is 7.26. The van der Waals surface area contributed by atoms with E-state index in [1.165, 1.54) is 113 Å². The van der Waals surface area contributed by atoms with Gasteiger partial charge in [0.25, 0.3) is 0 Å². The summed E-state index contributed by atoms with van der Waals surface area (Å²) in [4.78, 5) is 2.38. The minimum absolute atomic E-state index is 1.09. The second-order valence-corrected chi connectivity index (χ2v) is 20.7. The first-order valence-corrected chi connectivity index (χ1v) is 26.5. The molecule has 3 heteroatoms. The zero-order valence-corrected chi connectivity index (χ0v) is 41.7. The third kappa shape index (κ3) is 7.39. The van der Waals surface area contributed by atoms with Gasteiger partial charge in [0, 0.05) is 53.7 Å². The lowest BCUT2D eigenvalue weighted by molar-refractivity contribution is 1.18. The van der Waals surface area contributed by atoms with E-state index in [0.29, 0.717) is 0 Å². The van der Waals surface area contributed by atoms with Gasteiger partial charge in [-0.25, -0.2) is 0 Å². The van der Waals surface area contributed by atoms with E-state index < -0.39 is 0 Å². The summed E-state index contributed by atoms with van der Waals surface area (Å²) in [6, 6.07) is 103. The molecule has 350 valence electrons. The average Bonchev–Trinajstić information content (AvgIpc) is 4.06. The second-order valence-electron chi connectivity index (χ2n) is 19.7. The molecule has 0 atom stereocenters. The Morgan fingerprint density at radius 3 is 1.32 bits per heavy atom.